The fourth-order valence-corrected chi connectivity index (χ4v) is 6.13. The highest BCUT2D eigenvalue weighted by molar-refractivity contribution is 9.10. The van der Waals surface area contributed by atoms with E-state index in [2.05, 4.69) is 42.9 Å². The lowest BCUT2D eigenvalue weighted by molar-refractivity contribution is -0.115. The zero-order chi connectivity index (χ0) is 30.3. The number of halogens is 1. The van der Waals surface area contributed by atoms with Crippen LogP contribution in [0.25, 0.3) is 16.3 Å². The molecule has 216 valence electrons. The molecule has 0 aliphatic rings. The molecule has 1 atom stereocenters. The summed E-state index contributed by atoms with van der Waals surface area (Å²) in [6.07, 6.45) is 1.62. The van der Waals surface area contributed by atoms with Crippen molar-refractivity contribution < 1.29 is 14.4 Å². The molecule has 1 unspecified atom stereocenters. The lowest BCUT2D eigenvalue weighted by Gasteiger charge is -2.13. The van der Waals surface area contributed by atoms with E-state index in [1.165, 1.54) is 23.1 Å². The van der Waals surface area contributed by atoms with Gasteiger partial charge in [-0.15, -0.1) is 11.8 Å². The van der Waals surface area contributed by atoms with E-state index in [-0.39, 0.29) is 22.8 Å². The van der Waals surface area contributed by atoms with Crippen LogP contribution in [0.5, 0.6) is 0 Å². The number of thiazole rings is 1. The molecule has 0 saturated heterocycles. The van der Waals surface area contributed by atoms with Gasteiger partial charge in [0.15, 0.2) is 5.13 Å². The molecular formula is C33H27BrN4O3S2. The lowest BCUT2D eigenvalue weighted by atomic mass is 10.1. The Hall–Kier alpha value is -4.25. The highest BCUT2D eigenvalue weighted by Gasteiger charge is 2.18. The number of rotatable bonds is 9. The molecule has 0 aliphatic carbocycles. The van der Waals surface area contributed by atoms with Gasteiger partial charge < -0.3 is 16.0 Å². The van der Waals surface area contributed by atoms with E-state index in [4.69, 9.17) is 0 Å². The molecule has 0 spiro atoms. The second kappa shape index (κ2) is 13.8. The molecule has 0 radical (unpaired) electrons. The van der Waals surface area contributed by atoms with Crippen LogP contribution >= 0.6 is 39.0 Å². The van der Waals surface area contributed by atoms with Crippen molar-refractivity contribution in [3.8, 4) is 0 Å². The minimum absolute atomic E-state index is 0.102. The highest BCUT2D eigenvalue weighted by atomic mass is 79.9. The summed E-state index contributed by atoms with van der Waals surface area (Å²) in [4.78, 5) is 44.4. The van der Waals surface area contributed by atoms with Gasteiger partial charge in [-0.05, 0) is 91.7 Å². The summed E-state index contributed by atoms with van der Waals surface area (Å²) in [6.45, 7) is 3.86. The Labute approximate surface area is 265 Å². The number of nitrogens with one attached hydrogen (secondary N) is 3. The van der Waals surface area contributed by atoms with Crippen LogP contribution in [-0.2, 0) is 9.59 Å². The summed E-state index contributed by atoms with van der Waals surface area (Å²) < 4.78 is 1.93. The molecule has 0 saturated carbocycles. The molecule has 1 heterocycles. The van der Waals surface area contributed by atoms with Gasteiger partial charge in [-0.1, -0.05) is 63.7 Å². The van der Waals surface area contributed by atoms with Crippen molar-refractivity contribution in [2.45, 2.75) is 24.0 Å². The third-order valence-electron chi connectivity index (χ3n) is 6.28. The van der Waals surface area contributed by atoms with Crippen LogP contribution in [0.2, 0.25) is 0 Å². The van der Waals surface area contributed by atoms with Gasteiger partial charge in [0.25, 0.3) is 11.8 Å². The fourth-order valence-electron chi connectivity index (χ4n) is 4.03. The first-order chi connectivity index (χ1) is 20.7. The van der Waals surface area contributed by atoms with E-state index < -0.39 is 5.91 Å². The third-order valence-corrected chi connectivity index (χ3v) is 8.85. The molecule has 3 N–H and O–H groups in total. The van der Waals surface area contributed by atoms with E-state index in [1.807, 2.05) is 68.4 Å². The van der Waals surface area contributed by atoms with Gasteiger partial charge in [0, 0.05) is 20.6 Å². The van der Waals surface area contributed by atoms with E-state index in [9.17, 15) is 14.4 Å². The van der Waals surface area contributed by atoms with Gasteiger partial charge in [0.05, 0.1) is 15.5 Å². The first kappa shape index (κ1) is 30.2. The standard InChI is InChI=1S/C33H27BrN4O3S2/c1-20-8-17-27-29(18-20)43-33(37-27)38-30(39)21(2)42-26-15-13-25(14-16-26)35-32(41)28(19-22-9-11-24(34)12-10-22)36-31(40)23-6-4-3-5-7-23/h3-19,21H,1-2H3,(H,35,41)(H,36,40)(H,37,38,39)/b28-19-. The number of anilines is 2. The minimum Gasteiger partial charge on any atom is -0.321 e. The monoisotopic (exact) mass is 670 g/mol. The summed E-state index contributed by atoms with van der Waals surface area (Å²) in [5, 5.41) is 8.72. The van der Waals surface area contributed by atoms with Crippen molar-refractivity contribution in [1.29, 1.82) is 0 Å². The van der Waals surface area contributed by atoms with E-state index in [1.54, 1.807) is 42.5 Å². The van der Waals surface area contributed by atoms with E-state index in [0.29, 0.717) is 16.4 Å². The maximum Gasteiger partial charge on any atom is 0.272 e. The SMILES string of the molecule is Cc1ccc2nc(NC(=O)C(C)Sc3ccc(NC(=O)/C(=C/c4ccc(Br)cc4)NC(=O)c4ccccc4)cc3)sc2c1. The van der Waals surface area contributed by atoms with Gasteiger partial charge in [-0.25, -0.2) is 4.98 Å². The van der Waals surface area contributed by atoms with Gasteiger partial charge in [0.1, 0.15) is 5.70 Å². The van der Waals surface area contributed by atoms with Gasteiger partial charge in [0.2, 0.25) is 5.91 Å². The zero-order valence-corrected chi connectivity index (χ0v) is 26.5. The van der Waals surface area contributed by atoms with Crippen LogP contribution in [0.15, 0.2) is 112 Å². The number of aryl methyl sites for hydroxylation is 1. The highest BCUT2D eigenvalue weighted by Crippen LogP contribution is 2.29. The number of hydrogen-bond donors (Lipinski definition) is 3. The summed E-state index contributed by atoms with van der Waals surface area (Å²) in [5.74, 6) is -1.000. The summed E-state index contributed by atoms with van der Waals surface area (Å²) in [5.41, 5.74) is 3.85. The van der Waals surface area contributed by atoms with Crippen LogP contribution in [0.1, 0.15) is 28.4 Å². The Morgan fingerprint density at radius 1 is 0.907 bits per heavy atom. The largest absolute Gasteiger partial charge is 0.321 e. The summed E-state index contributed by atoms with van der Waals surface area (Å²) in [7, 11) is 0. The van der Waals surface area contributed by atoms with Gasteiger partial charge in [-0.2, -0.15) is 0 Å². The number of thioether (sulfide) groups is 1. The smallest absolute Gasteiger partial charge is 0.272 e. The second-order valence-electron chi connectivity index (χ2n) is 9.65. The predicted octanol–water partition coefficient (Wildman–Crippen LogP) is 7.90. The normalized spacial score (nSPS) is 12.0. The molecule has 7 nitrogen and oxygen atoms in total. The Kier molecular flexibility index (Phi) is 9.71. The van der Waals surface area contributed by atoms with Gasteiger partial charge in [-0.3, -0.25) is 14.4 Å². The molecule has 0 aliphatic heterocycles. The average molecular weight is 672 g/mol. The van der Waals surface area contributed by atoms with Crippen molar-refractivity contribution in [2.75, 3.05) is 10.6 Å². The Balaban J connectivity index is 1.23. The molecule has 3 amide bonds. The average Bonchev–Trinajstić information content (AvgIpc) is 3.40. The number of aromatic nitrogens is 1. The third kappa shape index (κ3) is 8.19. The van der Waals surface area contributed by atoms with Crippen LogP contribution in [0, 0.1) is 6.92 Å². The summed E-state index contributed by atoms with van der Waals surface area (Å²) >= 11 is 6.27. The number of hydrogen-bond acceptors (Lipinski definition) is 6. The second-order valence-corrected chi connectivity index (χ2v) is 13.0. The van der Waals surface area contributed by atoms with E-state index >= 15 is 0 Å². The van der Waals surface area contributed by atoms with Crippen LogP contribution in [0.4, 0.5) is 10.8 Å². The number of fused-ring (bicyclic) bond motifs is 1. The van der Waals surface area contributed by atoms with Crippen LogP contribution < -0.4 is 16.0 Å². The number of amides is 3. The van der Waals surface area contributed by atoms with Crippen molar-refractivity contribution >= 4 is 83.9 Å². The first-order valence-corrected chi connectivity index (χ1v) is 15.8. The molecule has 10 heteroatoms. The minimum atomic E-state index is -0.466. The molecule has 0 bridgehead atoms. The fraction of sp³-hybridized carbons (Fsp3) is 0.0909. The van der Waals surface area contributed by atoms with Crippen molar-refractivity contribution in [3.05, 3.63) is 124 Å². The molecule has 0 fully saturated rings. The maximum absolute atomic E-state index is 13.3. The molecule has 5 aromatic rings. The Morgan fingerprint density at radius 2 is 1.63 bits per heavy atom. The molecule has 43 heavy (non-hydrogen) atoms. The van der Waals surface area contributed by atoms with Crippen molar-refractivity contribution in [2.24, 2.45) is 0 Å². The lowest BCUT2D eigenvalue weighted by Crippen LogP contribution is -2.30. The Bertz CT molecular complexity index is 1800. The molecule has 5 rings (SSSR count). The summed E-state index contributed by atoms with van der Waals surface area (Å²) in [6, 6.07) is 29.3. The molecular weight excluding hydrogens is 644 g/mol. The number of nitrogens with zero attached hydrogens (tertiary/aromatic N) is 1. The molecule has 4 aromatic carbocycles. The predicted molar refractivity (Wildman–Crippen MR) is 179 cm³/mol. The van der Waals surface area contributed by atoms with Crippen molar-refractivity contribution in [3.63, 3.8) is 0 Å². The Morgan fingerprint density at radius 3 is 2.35 bits per heavy atom. The molecule has 1 aromatic heterocycles. The van der Waals surface area contributed by atoms with Crippen LogP contribution in [0.3, 0.4) is 0 Å². The topological polar surface area (TPSA) is 100 Å². The van der Waals surface area contributed by atoms with Crippen molar-refractivity contribution in [1.82, 2.24) is 10.3 Å². The number of carbonyl (C=O) groups is 3. The number of carbonyl (C=O) groups excluding carboxylic acids is 3. The van der Waals surface area contributed by atoms with E-state index in [0.717, 1.165) is 30.7 Å². The quantitative estimate of drug-likeness (QED) is 0.109. The van der Waals surface area contributed by atoms with Gasteiger partial charge >= 0.3 is 0 Å². The van der Waals surface area contributed by atoms with Crippen LogP contribution in [-0.4, -0.2) is 28.0 Å². The maximum atomic E-state index is 13.3. The zero-order valence-electron chi connectivity index (χ0n) is 23.3. The first-order valence-electron chi connectivity index (χ1n) is 13.3. The number of benzene rings is 4.